The molecule has 112 valence electrons. The maximum Gasteiger partial charge on any atom is 0.290 e. The lowest BCUT2D eigenvalue weighted by Gasteiger charge is -2.37. The first-order valence-electron chi connectivity index (χ1n) is 7.13. The van der Waals surface area contributed by atoms with Crippen molar-refractivity contribution in [3.63, 3.8) is 0 Å². The molecule has 5 nitrogen and oxygen atoms in total. The predicted molar refractivity (Wildman–Crippen MR) is 78.3 cm³/mol. The zero-order valence-electron chi connectivity index (χ0n) is 12.2. The number of hydrogen-bond donors (Lipinski definition) is 1. The molecule has 1 fully saturated rings. The molecular weight excluding hydrogens is 270 g/mol. The first-order chi connectivity index (χ1) is 10.1. The van der Waals surface area contributed by atoms with Gasteiger partial charge in [-0.2, -0.15) is 0 Å². The summed E-state index contributed by atoms with van der Waals surface area (Å²) in [5.74, 6) is 0.236. The number of fused-ring (bicyclic) bond motifs is 1. The summed E-state index contributed by atoms with van der Waals surface area (Å²) in [7, 11) is 0. The molecule has 1 aromatic carbocycles. The van der Waals surface area contributed by atoms with Crippen molar-refractivity contribution in [1.29, 1.82) is 0 Å². The van der Waals surface area contributed by atoms with Gasteiger partial charge in [0.2, 0.25) is 0 Å². The van der Waals surface area contributed by atoms with Gasteiger partial charge in [0.1, 0.15) is 5.58 Å². The van der Waals surface area contributed by atoms with E-state index in [2.05, 4.69) is 0 Å². The first kappa shape index (κ1) is 14.1. The van der Waals surface area contributed by atoms with Crippen molar-refractivity contribution in [2.75, 3.05) is 19.8 Å². The Labute approximate surface area is 123 Å². The molecule has 1 aliphatic rings. The maximum atomic E-state index is 12.8. The lowest BCUT2D eigenvalue weighted by atomic mass is 10.1. The van der Waals surface area contributed by atoms with E-state index in [0.717, 1.165) is 16.5 Å². The number of hydrogen-bond acceptors (Lipinski definition) is 4. The van der Waals surface area contributed by atoms with E-state index in [1.165, 1.54) is 0 Å². The van der Waals surface area contributed by atoms with E-state index in [1.807, 2.05) is 38.1 Å². The third kappa shape index (κ3) is 2.43. The highest BCUT2D eigenvalue weighted by atomic mass is 16.5. The van der Waals surface area contributed by atoms with Crippen molar-refractivity contribution in [3.8, 4) is 0 Å². The van der Waals surface area contributed by atoms with Crippen LogP contribution >= 0.6 is 0 Å². The molecule has 21 heavy (non-hydrogen) atoms. The number of carbonyl (C=O) groups is 1. The van der Waals surface area contributed by atoms with Crippen molar-refractivity contribution in [1.82, 2.24) is 4.90 Å². The van der Waals surface area contributed by atoms with Crippen LogP contribution in [0.5, 0.6) is 0 Å². The summed E-state index contributed by atoms with van der Waals surface area (Å²) in [5.41, 5.74) is 1.58. The van der Waals surface area contributed by atoms with E-state index in [0.29, 0.717) is 18.9 Å². The molecule has 5 heteroatoms. The molecule has 0 saturated carbocycles. The Hall–Kier alpha value is -1.85. The highest BCUT2D eigenvalue weighted by molar-refractivity contribution is 5.99. The number of benzene rings is 1. The summed E-state index contributed by atoms with van der Waals surface area (Å²) in [5, 5.41) is 10.2. The average Bonchev–Trinajstić information content (AvgIpc) is 2.85. The fourth-order valence-corrected chi connectivity index (χ4v) is 2.72. The number of furan rings is 1. The molecule has 0 radical (unpaired) electrons. The summed E-state index contributed by atoms with van der Waals surface area (Å²) in [6, 6.07) is 7.59. The molecule has 1 aromatic heterocycles. The average molecular weight is 289 g/mol. The lowest BCUT2D eigenvalue weighted by Crippen LogP contribution is -2.52. The third-order valence-corrected chi connectivity index (χ3v) is 4.01. The van der Waals surface area contributed by atoms with E-state index in [4.69, 9.17) is 9.15 Å². The fraction of sp³-hybridized carbons (Fsp3) is 0.438. The number of aliphatic hydroxyl groups excluding tert-OH is 1. The van der Waals surface area contributed by atoms with Crippen molar-refractivity contribution in [2.24, 2.45) is 0 Å². The summed E-state index contributed by atoms with van der Waals surface area (Å²) in [6.07, 6.45) is -0.324. The van der Waals surface area contributed by atoms with E-state index < -0.39 is 0 Å². The van der Waals surface area contributed by atoms with Gasteiger partial charge in [0.15, 0.2) is 5.76 Å². The van der Waals surface area contributed by atoms with E-state index >= 15 is 0 Å². The van der Waals surface area contributed by atoms with Crippen LogP contribution < -0.4 is 0 Å². The molecule has 1 amide bonds. The van der Waals surface area contributed by atoms with Crippen molar-refractivity contribution >= 4 is 16.9 Å². The Kier molecular flexibility index (Phi) is 3.69. The van der Waals surface area contributed by atoms with Crippen LogP contribution in [0.15, 0.2) is 28.7 Å². The predicted octanol–water partition coefficient (Wildman–Crippen LogP) is 1.96. The van der Waals surface area contributed by atoms with Gasteiger partial charge < -0.3 is 19.2 Å². The second kappa shape index (κ2) is 5.50. The number of morpholine rings is 1. The second-order valence-electron chi connectivity index (χ2n) is 5.50. The molecule has 0 aliphatic carbocycles. The SMILES string of the molecule is Cc1c(C(=O)N2CC(CO)OCC2C)oc2ccccc12. The Morgan fingerprint density at radius 3 is 2.90 bits per heavy atom. The van der Waals surface area contributed by atoms with Gasteiger partial charge in [0.05, 0.1) is 25.4 Å². The van der Waals surface area contributed by atoms with Gasteiger partial charge in [-0.3, -0.25) is 4.79 Å². The monoisotopic (exact) mass is 289 g/mol. The van der Waals surface area contributed by atoms with E-state index in [-0.39, 0.29) is 24.7 Å². The molecule has 2 atom stereocenters. The largest absolute Gasteiger partial charge is 0.451 e. The Bertz CT molecular complexity index is 663. The number of rotatable bonds is 2. The molecule has 0 spiro atoms. The lowest BCUT2D eigenvalue weighted by molar-refractivity contribution is -0.0673. The highest BCUT2D eigenvalue weighted by Crippen LogP contribution is 2.27. The molecule has 3 rings (SSSR count). The summed E-state index contributed by atoms with van der Waals surface area (Å²) in [6.45, 7) is 4.55. The summed E-state index contributed by atoms with van der Waals surface area (Å²) >= 11 is 0. The van der Waals surface area contributed by atoms with E-state index in [9.17, 15) is 9.90 Å². The van der Waals surface area contributed by atoms with Crippen molar-refractivity contribution < 1.29 is 19.1 Å². The Morgan fingerprint density at radius 2 is 2.19 bits per heavy atom. The zero-order valence-corrected chi connectivity index (χ0v) is 12.2. The molecule has 1 aliphatic heterocycles. The van der Waals surface area contributed by atoms with Crippen LogP contribution in [0.3, 0.4) is 0 Å². The smallest absolute Gasteiger partial charge is 0.290 e. The topological polar surface area (TPSA) is 62.9 Å². The number of ether oxygens (including phenoxy) is 1. The van der Waals surface area contributed by atoms with Gasteiger partial charge in [0.25, 0.3) is 5.91 Å². The van der Waals surface area contributed by atoms with Gasteiger partial charge in [0, 0.05) is 17.5 Å². The van der Waals surface area contributed by atoms with Crippen LogP contribution in [0, 0.1) is 6.92 Å². The highest BCUT2D eigenvalue weighted by Gasteiger charge is 2.32. The number of carbonyl (C=O) groups excluding carboxylic acids is 1. The number of nitrogens with zero attached hydrogens (tertiary/aromatic N) is 1. The van der Waals surface area contributed by atoms with Gasteiger partial charge in [-0.15, -0.1) is 0 Å². The van der Waals surface area contributed by atoms with Crippen LogP contribution in [-0.4, -0.2) is 47.8 Å². The van der Waals surface area contributed by atoms with Gasteiger partial charge in [-0.1, -0.05) is 18.2 Å². The van der Waals surface area contributed by atoms with Crippen LogP contribution in [0.1, 0.15) is 23.0 Å². The minimum atomic E-state index is -0.324. The Morgan fingerprint density at radius 1 is 1.43 bits per heavy atom. The van der Waals surface area contributed by atoms with Gasteiger partial charge in [-0.05, 0) is 19.9 Å². The van der Waals surface area contributed by atoms with Gasteiger partial charge in [-0.25, -0.2) is 0 Å². The molecule has 2 heterocycles. The number of aliphatic hydroxyl groups is 1. The van der Waals surface area contributed by atoms with Gasteiger partial charge >= 0.3 is 0 Å². The summed E-state index contributed by atoms with van der Waals surface area (Å²) < 4.78 is 11.2. The zero-order chi connectivity index (χ0) is 15.0. The van der Waals surface area contributed by atoms with Crippen LogP contribution in [0.2, 0.25) is 0 Å². The molecule has 1 N–H and O–H groups in total. The standard InChI is InChI=1S/C16H19NO4/c1-10-9-20-12(8-18)7-17(10)16(19)15-11(2)13-5-3-4-6-14(13)21-15/h3-6,10,12,18H,7-9H2,1-2H3. The fourth-order valence-electron chi connectivity index (χ4n) is 2.72. The summed E-state index contributed by atoms with van der Waals surface area (Å²) in [4.78, 5) is 14.5. The molecular formula is C16H19NO4. The molecule has 1 saturated heterocycles. The van der Waals surface area contributed by atoms with Crippen LogP contribution in [0.25, 0.3) is 11.0 Å². The number of amides is 1. The van der Waals surface area contributed by atoms with Crippen molar-refractivity contribution in [2.45, 2.75) is 26.0 Å². The molecule has 0 bridgehead atoms. The molecule has 2 unspecified atom stereocenters. The minimum absolute atomic E-state index is 0.0343. The quantitative estimate of drug-likeness (QED) is 0.918. The number of para-hydroxylation sites is 1. The van der Waals surface area contributed by atoms with Crippen LogP contribution in [0.4, 0.5) is 0 Å². The van der Waals surface area contributed by atoms with Crippen molar-refractivity contribution in [3.05, 3.63) is 35.6 Å². The number of aryl methyl sites for hydroxylation is 1. The minimum Gasteiger partial charge on any atom is -0.451 e. The third-order valence-electron chi connectivity index (χ3n) is 4.01. The second-order valence-corrected chi connectivity index (χ2v) is 5.50. The molecule has 2 aromatic rings. The van der Waals surface area contributed by atoms with Crippen LogP contribution in [-0.2, 0) is 4.74 Å². The Balaban J connectivity index is 1.94. The van der Waals surface area contributed by atoms with E-state index in [1.54, 1.807) is 4.90 Å². The normalized spacial score (nSPS) is 22.7. The maximum absolute atomic E-state index is 12.8. The first-order valence-corrected chi connectivity index (χ1v) is 7.13.